The minimum Gasteiger partial charge on any atom is -0.353 e. The first-order valence-corrected chi connectivity index (χ1v) is 7.86. The van der Waals surface area contributed by atoms with Crippen LogP contribution in [0, 0.1) is 0 Å². The summed E-state index contributed by atoms with van der Waals surface area (Å²) in [5, 5.41) is 4.84. The molecule has 0 spiro atoms. The molecule has 136 valence electrons. The van der Waals surface area contributed by atoms with Gasteiger partial charge in [0.1, 0.15) is 11.9 Å². The second-order valence-electron chi connectivity index (χ2n) is 5.36. The number of alkyl halides is 4. The third-order valence-corrected chi connectivity index (χ3v) is 3.85. The van der Waals surface area contributed by atoms with Gasteiger partial charge >= 0.3 is 6.18 Å². The number of halogens is 4. The fourth-order valence-electron chi connectivity index (χ4n) is 2.45. The van der Waals surface area contributed by atoms with Gasteiger partial charge < -0.3 is 15.5 Å². The van der Waals surface area contributed by atoms with Crippen LogP contribution in [0.3, 0.4) is 0 Å². The second-order valence-corrected chi connectivity index (χ2v) is 5.63. The van der Waals surface area contributed by atoms with Crippen LogP contribution in [0.1, 0.15) is 12.0 Å². The highest BCUT2D eigenvalue weighted by Crippen LogP contribution is 2.30. The van der Waals surface area contributed by atoms with Crippen molar-refractivity contribution in [3.8, 4) is 0 Å². The number of nitrogens with one attached hydrogen (secondary N) is 2. The number of amides is 3. The highest BCUT2D eigenvalue weighted by molar-refractivity contribution is 6.27. The molecule has 25 heavy (non-hydrogen) atoms. The third kappa shape index (κ3) is 4.85. The van der Waals surface area contributed by atoms with Gasteiger partial charge in [-0.25, -0.2) is 0 Å². The molecule has 0 unspecified atom stereocenters. The summed E-state index contributed by atoms with van der Waals surface area (Å²) in [6.07, 6.45) is -4.92. The average Bonchev–Trinajstić information content (AvgIpc) is 2.55. The zero-order valence-corrected chi connectivity index (χ0v) is 13.7. The normalized spacial score (nSPS) is 17.8. The lowest BCUT2D eigenvalue weighted by Crippen LogP contribution is -2.58. The summed E-state index contributed by atoms with van der Waals surface area (Å²) in [6.45, 7) is 0.450. The number of hydrogen-bond donors (Lipinski definition) is 2. The number of carbonyl (C=O) groups is 3. The van der Waals surface area contributed by atoms with E-state index in [2.05, 4.69) is 10.6 Å². The van der Waals surface area contributed by atoms with E-state index in [0.717, 1.165) is 18.2 Å². The summed E-state index contributed by atoms with van der Waals surface area (Å²) in [7, 11) is 0. The highest BCUT2D eigenvalue weighted by Gasteiger charge is 2.34. The van der Waals surface area contributed by atoms with E-state index < -0.39 is 35.5 Å². The summed E-state index contributed by atoms with van der Waals surface area (Å²) in [4.78, 5) is 37.0. The van der Waals surface area contributed by atoms with E-state index in [1.54, 1.807) is 0 Å². The number of anilines is 1. The van der Waals surface area contributed by atoms with E-state index in [0.29, 0.717) is 0 Å². The molecule has 1 aliphatic heterocycles. The molecular weight excluding hydrogens is 363 g/mol. The first-order valence-electron chi connectivity index (χ1n) is 7.32. The molecule has 0 aliphatic carbocycles. The summed E-state index contributed by atoms with van der Waals surface area (Å²) in [6, 6.07) is 3.09. The Kier molecular flexibility index (Phi) is 5.89. The maximum absolute atomic E-state index is 12.7. The average molecular weight is 378 g/mol. The van der Waals surface area contributed by atoms with E-state index >= 15 is 0 Å². The lowest BCUT2D eigenvalue weighted by atomic mass is 10.1. The van der Waals surface area contributed by atoms with Gasteiger partial charge in [-0.15, -0.1) is 11.6 Å². The maximum Gasteiger partial charge on any atom is 0.416 e. The molecule has 2 rings (SSSR count). The quantitative estimate of drug-likeness (QED) is 0.782. The van der Waals surface area contributed by atoms with Crippen molar-refractivity contribution in [1.82, 2.24) is 10.2 Å². The number of hydrogen-bond acceptors (Lipinski definition) is 3. The first-order chi connectivity index (χ1) is 11.7. The maximum atomic E-state index is 12.7. The van der Waals surface area contributed by atoms with Crippen LogP contribution < -0.4 is 10.6 Å². The monoisotopic (exact) mass is 377 g/mol. The molecule has 6 nitrogen and oxygen atoms in total. The Balaban J connectivity index is 2.08. The van der Waals surface area contributed by atoms with Gasteiger partial charge in [0.2, 0.25) is 17.7 Å². The van der Waals surface area contributed by atoms with Crippen LogP contribution in [0.15, 0.2) is 24.3 Å². The van der Waals surface area contributed by atoms with Crippen LogP contribution >= 0.6 is 11.6 Å². The second kappa shape index (κ2) is 7.73. The van der Waals surface area contributed by atoms with Crippen molar-refractivity contribution in [3.05, 3.63) is 29.8 Å². The Labute approximate surface area is 146 Å². The van der Waals surface area contributed by atoms with E-state index in [9.17, 15) is 27.6 Å². The summed E-state index contributed by atoms with van der Waals surface area (Å²) in [5.41, 5.74) is -0.953. The topological polar surface area (TPSA) is 78.5 Å². The van der Waals surface area contributed by atoms with Crippen LogP contribution in [0.4, 0.5) is 18.9 Å². The number of benzene rings is 1. The molecule has 0 bridgehead atoms. The summed E-state index contributed by atoms with van der Waals surface area (Å²) in [5.74, 6) is -2.02. The number of carbonyl (C=O) groups excluding carboxylic acids is 3. The Hall–Kier alpha value is -2.29. The van der Waals surface area contributed by atoms with Crippen molar-refractivity contribution in [1.29, 1.82) is 0 Å². The molecule has 1 heterocycles. The number of rotatable bonds is 4. The third-order valence-electron chi connectivity index (χ3n) is 3.62. The molecule has 10 heteroatoms. The predicted molar refractivity (Wildman–Crippen MR) is 83.9 cm³/mol. The molecule has 3 amide bonds. The summed E-state index contributed by atoms with van der Waals surface area (Å²) >= 11 is 5.49. The molecule has 1 aromatic rings. The molecule has 0 radical (unpaired) electrons. The molecule has 0 saturated carbocycles. The predicted octanol–water partition coefficient (Wildman–Crippen LogP) is 1.60. The molecule has 1 aromatic carbocycles. The zero-order chi connectivity index (χ0) is 18.6. The van der Waals surface area contributed by atoms with Crippen LogP contribution in [0.5, 0.6) is 0 Å². The van der Waals surface area contributed by atoms with Crippen molar-refractivity contribution in [2.24, 2.45) is 0 Å². The van der Waals surface area contributed by atoms with E-state index in [1.165, 1.54) is 11.0 Å². The van der Waals surface area contributed by atoms with Gasteiger partial charge in [0.15, 0.2) is 0 Å². The molecule has 1 atom stereocenters. The molecule has 1 fully saturated rings. The van der Waals surface area contributed by atoms with Crippen molar-refractivity contribution >= 4 is 35.0 Å². The SMILES string of the molecule is O=C(C[C@@H]1C(=O)NCCN1C(=O)CCl)Nc1cccc(C(F)(F)F)c1. The van der Waals surface area contributed by atoms with Gasteiger partial charge in [0.25, 0.3) is 0 Å². The fourth-order valence-corrected chi connectivity index (χ4v) is 2.61. The molecule has 2 N–H and O–H groups in total. The van der Waals surface area contributed by atoms with Gasteiger partial charge in [-0.2, -0.15) is 13.2 Å². The van der Waals surface area contributed by atoms with E-state index in [4.69, 9.17) is 11.6 Å². The van der Waals surface area contributed by atoms with Crippen LogP contribution in [0.25, 0.3) is 0 Å². The fraction of sp³-hybridized carbons (Fsp3) is 0.400. The number of nitrogens with zero attached hydrogens (tertiary/aromatic N) is 1. The lowest BCUT2D eigenvalue weighted by molar-refractivity contribution is -0.143. The minimum absolute atomic E-state index is 0.0498. The van der Waals surface area contributed by atoms with Gasteiger partial charge in [-0.1, -0.05) is 6.07 Å². The standard InChI is InChI=1S/C15H15ClF3N3O3/c16-8-13(24)22-5-4-20-14(25)11(22)7-12(23)21-10-3-1-2-9(6-10)15(17,18)19/h1-3,6,11H,4-5,7-8H2,(H,20,25)(H,21,23)/t11-/m1/s1. The Morgan fingerprint density at radius 1 is 1.36 bits per heavy atom. The van der Waals surface area contributed by atoms with E-state index in [-0.39, 0.29) is 31.1 Å². The van der Waals surface area contributed by atoms with Crippen LogP contribution in [-0.4, -0.2) is 47.6 Å². The Morgan fingerprint density at radius 3 is 2.72 bits per heavy atom. The van der Waals surface area contributed by atoms with Gasteiger partial charge in [-0.05, 0) is 18.2 Å². The van der Waals surface area contributed by atoms with Crippen molar-refractivity contribution in [2.45, 2.75) is 18.6 Å². The van der Waals surface area contributed by atoms with E-state index in [1.807, 2.05) is 0 Å². The Morgan fingerprint density at radius 2 is 2.08 bits per heavy atom. The molecular formula is C15H15ClF3N3O3. The molecule has 1 aliphatic rings. The first kappa shape index (κ1) is 19.0. The number of piperazine rings is 1. The summed E-state index contributed by atoms with van der Waals surface area (Å²) < 4.78 is 38.1. The largest absolute Gasteiger partial charge is 0.416 e. The highest BCUT2D eigenvalue weighted by atomic mass is 35.5. The van der Waals surface area contributed by atoms with Gasteiger partial charge in [0, 0.05) is 18.8 Å². The van der Waals surface area contributed by atoms with Crippen molar-refractivity contribution in [3.63, 3.8) is 0 Å². The van der Waals surface area contributed by atoms with Gasteiger partial charge in [-0.3, -0.25) is 14.4 Å². The zero-order valence-electron chi connectivity index (χ0n) is 12.9. The molecule has 0 aromatic heterocycles. The smallest absolute Gasteiger partial charge is 0.353 e. The van der Waals surface area contributed by atoms with Crippen LogP contribution in [0.2, 0.25) is 0 Å². The van der Waals surface area contributed by atoms with Crippen molar-refractivity contribution < 1.29 is 27.6 Å². The van der Waals surface area contributed by atoms with Crippen molar-refractivity contribution in [2.75, 3.05) is 24.3 Å². The van der Waals surface area contributed by atoms with Gasteiger partial charge in [0.05, 0.1) is 12.0 Å². The lowest BCUT2D eigenvalue weighted by Gasteiger charge is -2.34. The minimum atomic E-state index is -4.53. The Bertz CT molecular complexity index is 681. The van der Waals surface area contributed by atoms with Crippen LogP contribution in [-0.2, 0) is 20.6 Å². The molecule has 1 saturated heterocycles.